The fourth-order valence-corrected chi connectivity index (χ4v) is 3.52. The molecule has 2 atom stereocenters. The second-order valence-electron chi connectivity index (χ2n) is 5.85. The summed E-state index contributed by atoms with van der Waals surface area (Å²) in [5.41, 5.74) is 7.18. The van der Waals surface area contributed by atoms with E-state index in [-0.39, 0.29) is 35.7 Å². The van der Waals surface area contributed by atoms with Gasteiger partial charge in [0.25, 0.3) is 5.91 Å². The van der Waals surface area contributed by atoms with Crippen molar-refractivity contribution >= 4 is 34.2 Å². The average Bonchev–Trinajstić information content (AvgIpc) is 2.99. The molecule has 0 saturated carbocycles. The predicted molar refractivity (Wildman–Crippen MR) is 99.0 cm³/mol. The lowest BCUT2D eigenvalue weighted by Crippen LogP contribution is -2.30. The van der Waals surface area contributed by atoms with E-state index in [4.69, 9.17) is 5.73 Å². The van der Waals surface area contributed by atoms with E-state index in [9.17, 15) is 9.18 Å². The Morgan fingerprint density at radius 1 is 1.21 bits per heavy atom. The third-order valence-corrected chi connectivity index (χ3v) is 4.91. The van der Waals surface area contributed by atoms with Crippen molar-refractivity contribution in [2.75, 3.05) is 19.6 Å². The highest BCUT2D eigenvalue weighted by molar-refractivity contribution is 9.10. The van der Waals surface area contributed by atoms with Gasteiger partial charge in [-0.3, -0.25) is 4.79 Å². The van der Waals surface area contributed by atoms with Crippen LogP contribution in [0.3, 0.4) is 0 Å². The number of benzene rings is 2. The van der Waals surface area contributed by atoms with Crippen LogP contribution in [0.4, 0.5) is 4.39 Å². The first-order valence-electron chi connectivity index (χ1n) is 7.59. The van der Waals surface area contributed by atoms with Crippen molar-refractivity contribution in [2.24, 2.45) is 11.7 Å². The number of halogens is 3. The lowest BCUT2D eigenvalue weighted by molar-refractivity contribution is 0.0782. The summed E-state index contributed by atoms with van der Waals surface area (Å²) in [6, 6.07) is 14.6. The van der Waals surface area contributed by atoms with E-state index in [1.165, 1.54) is 17.7 Å². The number of likely N-dealkylation sites (tertiary alicyclic amines) is 1. The molecule has 0 unspecified atom stereocenters. The zero-order valence-electron chi connectivity index (χ0n) is 13.0. The minimum absolute atomic E-state index is 0. The van der Waals surface area contributed by atoms with E-state index in [0.29, 0.717) is 24.1 Å². The summed E-state index contributed by atoms with van der Waals surface area (Å²) in [5, 5.41) is 0. The maximum Gasteiger partial charge on any atom is 0.256 e. The summed E-state index contributed by atoms with van der Waals surface area (Å²) in [6.07, 6.45) is 0. The molecule has 2 aromatic rings. The zero-order chi connectivity index (χ0) is 16.4. The van der Waals surface area contributed by atoms with E-state index < -0.39 is 5.82 Å². The van der Waals surface area contributed by atoms with Crippen LogP contribution in [0, 0.1) is 11.7 Å². The first-order chi connectivity index (χ1) is 11.1. The van der Waals surface area contributed by atoms with Crippen LogP contribution >= 0.6 is 28.3 Å². The normalized spacial score (nSPS) is 19.9. The molecule has 2 N–H and O–H groups in total. The predicted octanol–water partition coefficient (Wildman–Crippen LogP) is 3.82. The third kappa shape index (κ3) is 3.79. The molecule has 0 radical (unpaired) electrons. The van der Waals surface area contributed by atoms with Gasteiger partial charge in [0, 0.05) is 23.5 Å². The summed E-state index contributed by atoms with van der Waals surface area (Å²) in [5.74, 6) is -0.382. The van der Waals surface area contributed by atoms with Gasteiger partial charge in [0.15, 0.2) is 0 Å². The molecule has 1 amide bonds. The maximum atomic E-state index is 14.1. The summed E-state index contributed by atoms with van der Waals surface area (Å²) in [4.78, 5) is 14.4. The molecule has 0 aliphatic carbocycles. The lowest BCUT2D eigenvalue weighted by atomic mass is 9.89. The Morgan fingerprint density at radius 2 is 1.92 bits per heavy atom. The Morgan fingerprint density at radius 3 is 2.54 bits per heavy atom. The monoisotopic (exact) mass is 412 g/mol. The summed E-state index contributed by atoms with van der Waals surface area (Å²) >= 11 is 3.21. The zero-order valence-corrected chi connectivity index (χ0v) is 15.4. The largest absolute Gasteiger partial charge is 0.338 e. The molecular formula is C18H19BrClFN2O. The topological polar surface area (TPSA) is 46.3 Å². The summed E-state index contributed by atoms with van der Waals surface area (Å²) < 4.78 is 14.7. The van der Waals surface area contributed by atoms with E-state index in [2.05, 4.69) is 28.1 Å². The number of nitrogens with two attached hydrogens (primary N) is 1. The maximum absolute atomic E-state index is 14.1. The number of hydrogen-bond donors (Lipinski definition) is 1. The molecule has 1 aliphatic heterocycles. The number of rotatable bonds is 3. The van der Waals surface area contributed by atoms with Gasteiger partial charge in [-0.15, -0.1) is 12.4 Å². The van der Waals surface area contributed by atoms with Gasteiger partial charge in [0.05, 0.1) is 5.56 Å². The van der Waals surface area contributed by atoms with Crippen molar-refractivity contribution in [3.8, 4) is 0 Å². The highest BCUT2D eigenvalue weighted by Crippen LogP contribution is 2.33. The lowest BCUT2D eigenvalue weighted by Gasteiger charge is -2.17. The van der Waals surface area contributed by atoms with Crippen LogP contribution in [-0.4, -0.2) is 30.4 Å². The molecule has 3 nitrogen and oxygen atoms in total. The van der Waals surface area contributed by atoms with Crippen molar-refractivity contribution < 1.29 is 9.18 Å². The molecule has 0 aromatic heterocycles. The van der Waals surface area contributed by atoms with Crippen molar-refractivity contribution in [1.29, 1.82) is 0 Å². The molecule has 3 rings (SSSR count). The number of carbonyl (C=O) groups excluding carboxylic acids is 1. The Kier molecular flexibility index (Phi) is 6.38. The first-order valence-corrected chi connectivity index (χ1v) is 8.38. The van der Waals surface area contributed by atoms with E-state index >= 15 is 0 Å². The Balaban J connectivity index is 0.00000208. The Hall–Kier alpha value is -1.43. The van der Waals surface area contributed by atoms with Crippen LogP contribution in [0.1, 0.15) is 21.8 Å². The highest BCUT2D eigenvalue weighted by atomic mass is 79.9. The van der Waals surface area contributed by atoms with E-state index in [1.807, 2.05) is 18.2 Å². The minimum Gasteiger partial charge on any atom is -0.338 e. The first kappa shape index (κ1) is 18.9. The molecule has 0 spiro atoms. The van der Waals surface area contributed by atoms with Gasteiger partial charge in [-0.05, 0) is 36.2 Å². The SMILES string of the molecule is Cl.NC[C@@H]1CN(C(=O)c2ccc(Br)cc2F)C[C@H]1c1ccccc1. The van der Waals surface area contributed by atoms with Gasteiger partial charge in [0.1, 0.15) is 5.82 Å². The standard InChI is InChI=1S/C18H18BrFN2O.ClH/c19-14-6-7-15(17(20)8-14)18(23)22-10-13(9-21)16(11-22)12-4-2-1-3-5-12;/h1-8,13,16H,9-11,21H2;1H/t13-,16+;/m1./s1. The molecule has 1 fully saturated rings. The summed E-state index contributed by atoms with van der Waals surface area (Å²) in [6.45, 7) is 1.64. The summed E-state index contributed by atoms with van der Waals surface area (Å²) in [7, 11) is 0. The fraction of sp³-hybridized carbons (Fsp3) is 0.278. The van der Waals surface area contributed by atoms with Crippen molar-refractivity contribution in [3.05, 3.63) is 69.9 Å². The Labute approximate surface area is 155 Å². The molecule has 6 heteroatoms. The van der Waals surface area contributed by atoms with Crippen LogP contribution in [0.25, 0.3) is 0 Å². The number of amides is 1. The number of hydrogen-bond acceptors (Lipinski definition) is 2. The van der Waals surface area contributed by atoms with E-state index in [1.54, 1.807) is 11.0 Å². The van der Waals surface area contributed by atoms with Gasteiger partial charge in [-0.2, -0.15) is 0 Å². The quantitative estimate of drug-likeness (QED) is 0.831. The van der Waals surface area contributed by atoms with Crippen LogP contribution in [0.15, 0.2) is 53.0 Å². The van der Waals surface area contributed by atoms with Gasteiger partial charge in [0.2, 0.25) is 0 Å². The van der Waals surface area contributed by atoms with Crippen LogP contribution < -0.4 is 5.73 Å². The van der Waals surface area contributed by atoms with Crippen LogP contribution in [0.2, 0.25) is 0 Å². The van der Waals surface area contributed by atoms with Gasteiger partial charge >= 0.3 is 0 Å². The van der Waals surface area contributed by atoms with E-state index in [0.717, 1.165) is 0 Å². The minimum atomic E-state index is -0.503. The second-order valence-corrected chi connectivity index (χ2v) is 6.76. The van der Waals surface area contributed by atoms with Gasteiger partial charge in [-0.25, -0.2) is 4.39 Å². The van der Waals surface area contributed by atoms with Crippen molar-refractivity contribution in [3.63, 3.8) is 0 Å². The van der Waals surface area contributed by atoms with Crippen LogP contribution in [-0.2, 0) is 0 Å². The highest BCUT2D eigenvalue weighted by Gasteiger charge is 2.36. The molecule has 1 aliphatic rings. The fourth-order valence-electron chi connectivity index (χ4n) is 3.19. The molecule has 1 heterocycles. The number of carbonyl (C=O) groups is 1. The van der Waals surface area contributed by atoms with Crippen LogP contribution in [0.5, 0.6) is 0 Å². The molecular weight excluding hydrogens is 395 g/mol. The molecule has 1 saturated heterocycles. The molecule has 2 aromatic carbocycles. The van der Waals surface area contributed by atoms with Crippen molar-refractivity contribution in [1.82, 2.24) is 4.90 Å². The molecule has 0 bridgehead atoms. The second kappa shape index (κ2) is 8.10. The average molecular weight is 414 g/mol. The van der Waals surface area contributed by atoms with Gasteiger partial charge < -0.3 is 10.6 Å². The van der Waals surface area contributed by atoms with Gasteiger partial charge in [-0.1, -0.05) is 46.3 Å². The van der Waals surface area contributed by atoms with Crippen molar-refractivity contribution in [2.45, 2.75) is 5.92 Å². The molecule has 24 heavy (non-hydrogen) atoms. The molecule has 128 valence electrons. The smallest absolute Gasteiger partial charge is 0.256 e. The number of nitrogens with zero attached hydrogens (tertiary/aromatic N) is 1. The Bertz CT molecular complexity index is 713. The third-order valence-electron chi connectivity index (χ3n) is 4.42.